The molecule has 0 aliphatic heterocycles. The van der Waals surface area contributed by atoms with Crippen molar-refractivity contribution in [2.24, 2.45) is 0 Å². The van der Waals surface area contributed by atoms with Crippen molar-refractivity contribution >= 4 is 45.2 Å². The fourth-order valence-electron chi connectivity index (χ4n) is 1.54. The van der Waals surface area contributed by atoms with Crippen LogP contribution in [0.5, 0.6) is 0 Å². The fourth-order valence-corrected chi connectivity index (χ4v) is 2.10. The third kappa shape index (κ3) is 2.68. The molecule has 0 aliphatic rings. The molecule has 1 heterocycles. The SMILES string of the molecule is COC(=O)c1cn(C(=O)c2cc(Br)ccc2Cl)nc1N. The van der Waals surface area contributed by atoms with E-state index in [4.69, 9.17) is 17.3 Å². The average Bonchev–Trinajstić information content (AvgIpc) is 2.82. The van der Waals surface area contributed by atoms with Crippen LogP contribution in [0.15, 0.2) is 28.9 Å². The van der Waals surface area contributed by atoms with E-state index in [1.807, 2.05) is 0 Å². The minimum atomic E-state index is -0.665. The minimum absolute atomic E-state index is 0.0203. The second kappa shape index (κ2) is 5.64. The summed E-state index contributed by atoms with van der Waals surface area (Å²) in [5, 5.41) is 4.07. The number of nitrogen functional groups attached to an aromatic ring is 1. The van der Waals surface area contributed by atoms with E-state index in [1.165, 1.54) is 13.3 Å². The Bertz CT molecular complexity index is 699. The lowest BCUT2D eigenvalue weighted by Gasteiger charge is -2.03. The summed E-state index contributed by atoms with van der Waals surface area (Å²) < 4.78 is 6.19. The monoisotopic (exact) mass is 357 g/mol. The molecule has 0 spiro atoms. The molecule has 2 rings (SSSR count). The second-order valence-electron chi connectivity index (χ2n) is 3.79. The standard InChI is InChI=1S/C12H9BrClN3O3/c1-20-12(19)8-5-17(16-10(8)15)11(18)7-4-6(13)2-3-9(7)14/h2-5H,1H3,(H2,15,16). The molecule has 8 heteroatoms. The quantitative estimate of drug-likeness (QED) is 0.833. The van der Waals surface area contributed by atoms with Gasteiger partial charge in [-0.1, -0.05) is 27.5 Å². The van der Waals surface area contributed by atoms with Gasteiger partial charge >= 0.3 is 5.97 Å². The van der Waals surface area contributed by atoms with Crippen LogP contribution in [0.2, 0.25) is 5.02 Å². The molecule has 0 atom stereocenters. The summed E-state index contributed by atoms with van der Waals surface area (Å²) in [5.74, 6) is -1.25. The molecule has 0 unspecified atom stereocenters. The number of anilines is 1. The lowest BCUT2D eigenvalue weighted by molar-refractivity contribution is 0.0602. The van der Waals surface area contributed by atoms with E-state index in [9.17, 15) is 9.59 Å². The zero-order valence-corrected chi connectivity index (χ0v) is 12.6. The molecular formula is C12H9BrClN3O3. The number of aromatic nitrogens is 2. The molecule has 0 amide bonds. The number of hydrogen-bond donors (Lipinski definition) is 1. The molecule has 0 bridgehead atoms. The number of ether oxygens (including phenoxy) is 1. The van der Waals surface area contributed by atoms with Crippen molar-refractivity contribution in [2.45, 2.75) is 0 Å². The predicted molar refractivity (Wildman–Crippen MR) is 76.9 cm³/mol. The molecule has 0 radical (unpaired) electrons. The van der Waals surface area contributed by atoms with Gasteiger partial charge in [-0.25, -0.2) is 9.48 Å². The number of esters is 1. The van der Waals surface area contributed by atoms with Crippen molar-refractivity contribution in [1.82, 2.24) is 9.78 Å². The molecule has 2 N–H and O–H groups in total. The van der Waals surface area contributed by atoms with Crippen LogP contribution in [0, 0.1) is 0 Å². The number of benzene rings is 1. The molecule has 20 heavy (non-hydrogen) atoms. The van der Waals surface area contributed by atoms with Crippen LogP contribution in [0.3, 0.4) is 0 Å². The Hall–Kier alpha value is -1.86. The van der Waals surface area contributed by atoms with Crippen molar-refractivity contribution in [3.05, 3.63) is 45.0 Å². The van der Waals surface area contributed by atoms with Crippen molar-refractivity contribution in [1.29, 1.82) is 0 Å². The van der Waals surface area contributed by atoms with Crippen molar-refractivity contribution in [3.8, 4) is 0 Å². The van der Waals surface area contributed by atoms with Crippen LogP contribution in [0.25, 0.3) is 0 Å². The number of hydrogen-bond acceptors (Lipinski definition) is 5. The van der Waals surface area contributed by atoms with E-state index in [2.05, 4.69) is 25.8 Å². The maximum atomic E-state index is 12.3. The molecular weight excluding hydrogens is 350 g/mol. The highest BCUT2D eigenvalue weighted by molar-refractivity contribution is 9.10. The van der Waals surface area contributed by atoms with Crippen molar-refractivity contribution in [2.75, 3.05) is 12.8 Å². The van der Waals surface area contributed by atoms with Crippen LogP contribution < -0.4 is 5.73 Å². The molecule has 6 nitrogen and oxygen atoms in total. The first-order valence-corrected chi connectivity index (χ1v) is 6.54. The topological polar surface area (TPSA) is 87.2 Å². The van der Waals surface area contributed by atoms with Gasteiger partial charge in [-0.2, -0.15) is 0 Å². The van der Waals surface area contributed by atoms with Gasteiger partial charge in [0, 0.05) is 4.47 Å². The van der Waals surface area contributed by atoms with Gasteiger partial charge in [0.15, 0.2) is 5.82 Å². The number of carbonyl (C=O) groups is 2. The van der Waals surface area contributed by atoms with Crippen LogP contribution in [-0.4, -0.2) is 28.8 Å². The second-order valence-corrected chi connectivity index (χ2v) is 5.12. The largest absolute Gasteiger partial charge is 0.465 e. The van der Waals surface area contributed by atoms with Crippen LogP contribution in [0.1, 0.15) is 20.7 Å². The summed E-state index contributed by atoms with van der Waals surface area (Å²) in [5.41, 5.74) is 5.83. The lowest BCUT2D eigenvalue weighted by Crippen LogP contribution is -2.13. The summed E-state index contributed by atoms with van der Waals surface area (Å²) >= 11 is 9.22. The Balaban J connectivity index is 2.44. The summed E-state index contributed by atoms with van der Waals surface area (Å²) in [4.78, 5) is 23.7. The minimum Gasteiger partial charge on any atom is -0.465 e. The zero-order valence-electron chi connectivity index (χ0n) is 10.3. The average molecular weight is 359 g/mol. The number of halogens is 2. The molecule has 0 aliphatic carbocycles. The third-order valence-corrected chi connectivity index (χ3v) is 3.34. The van der Waals surface area contributed by atoms with E-state index in [-0.39, 0.29) is 22.0 Å². The molecule has 0 fully saturated rings. The van der Waals surface area contributed by atoms with Gasteiger partial charge in [-0.05, 0) is 18.2 Å². The van der Waals surface area contributed by atoms with Gasteiger partial charge in [-0.15, -0.1) is 5.10 Å². The van der Waals surface area contributed by atoms with E-state index in [1.54, 1.807) is 18.2 Å². The summed E-state index contributed by atoms with van der Waals surface area (Å²) in [6.45, 7) is 0. The third-order valence-electron chi connectivity index (χ3n) is 2.52. The molecule has 0 saturated carbocycles. The van der Waals surface area contributed by atoms with Crippen LogP contribution >= 0.6 is 27.5 Å². The van der Waals surface area contributed by atoms with Gasteiger partial charge < -0.3 is 10.5 Å². The highest BCUT2D eigenvalue weighted by atomic mass is 79.9. The highest BCUT2D eigenvalue weighted by Crippen LogP contribution is 2.22. The Morgan fingerprint density at radius 1 is 1.40 bits per heavy atom. The smallest absolute Gasteiger partial charge is 0.343 e. The summed E-state index contributed by atoms with van der Waals surface area (Å²) in [6, 6.07) is 4.84. The van der Waals surface area contributed by atoms with Crippen molar-refractivity contribution < 1.29 is 14.3 Å². The van der Waals surface area contributed by atoms with E-state index >= 15 is 0 Å². The van der Waals surface area contributed by atoms with E-state index < -0.39 is 11.9 Å². The molecule has 2 aromatic rings. The zero-order chi connectivity index (χ0) is 14.9. The Morgan fingerprint density at radius 3 is 2.75 bits per heavy atom. The van der Waals surface area contributed by atoms with Gasteiger partial charge in [-0.3, -0.25) is 4.79 Å². The van der Waals surface area contributed by atoms with Gasteiger partial charge in [0.2, 0.25) is 0 Å². The van der Waals surface area contributed by atoms with Gasteiger partial charge in [0.1, 0.15) is 5.56 Å². The fraction of sp³-hybridized carbons (Fsp3) is 0.0833. The Labute approximate surface area is 127 Å². The number of methoxy groups -OCH3 is 1. The number of rotatable bonds is 2. The molecule has 0 saturated heterocycles. The summed E-state index contributed by atoms with van der Waals surface area (Å²) in [6.07, 6.45) is 1.21. The van der Waals surface area contributed by atoms with Crippen molar-refractivity contribution in [3.63, 3.8) is 0 Å². The molecule has 1 aromatic carbocycles. The first kappa shape index (κ1) is 14.5. The van der Waals surface area contributed by atoms with E-state index in [0.29, 0.717) is 4.47 Å². The Morgan fingerprint density at radius 2 is 2.10 bits per heavy atom. The maximum Gasteiger partial charge on any atom is 0.343 e. The number of carbonyl (C=O) groups excluding carboxylic acids is 2. The Kier molecular flexibility index (Phi) is 4.10. The van der Waals surface area contributed by atoms with Gasteiger partial charge in [0.25, 0.3) is 5.91 Å². The maximum absolute atomic E-state index is 12.3. The van der Waals surface area contributed by atoms with Crippen LogP contribution in [0.4, 0.5) is 5.82 Å². The lowest BCUT2D eigenvalue weighted by atomic mass is 10.2. The highest BCUT2D eigenvalue weighted by Gasteiger charge is 2.20. The molecule has 104 valence electrons. The first-order chi connectivity index (χ1) is 9.43. The number of nitrogens with two attached hydrogens (primary N) is 1. The van der Waals surface area contributed by atoms with Crippen LogP contribution in [-0.2, 0) is 4.74 Å². The molecule has 1 aromatic heterocycles. The predicted octanol–water partition coefficient (Wildman–Crippen LogP) is 2.36. The first-order valence-electron chi connectivity index (χ1n) is 5.37. The van der Waals surface area contributed by atoms with Gasteiger partial charge in [0.05, 0.1) is 23.9 Å². The summed E-state index contributed by atoms with van der Waals surface area (Å²) in [7, 11) is 1.21. The number of nitrogens with zero attached hydrogens (tertiary/aromatic N) is 2. The van der Waals surface area contributed by atoms with E-state index in [0.717, 1.165) is 4.68 Å². The normalized spacial score (nSPS) is 10.3.